The Morgan fingerprint density at radius 1 is 1.39 bits per heavy atom. The van der Waals surface area contributed by atoms with Gasteiger partial charge in [0.05, 0.1) is 18.4 Å². The summed E-state index contributed by atoms with van der Waals surface area (Å²) < 4.78 is 4.99. The second kappa shape index (κ2) is 4.43. The van der Waals surface area contributed by atoms with E-state index in [1.807, 2.05) is 0 Å². The predicted molar refractivity (Wildman–Crippen MR) is 61.2 cm³/mol. The van der Waals surface area contributed by atoms with Gasteiger partial charge in [-0.05, 0) is 12.5 Å². The molecule has 2 saturated heterocycles. The second-order valence-corrected chi connectivity index (χ2v) is 4.38. The van der Waals surface area contributed by atoms with Crippen LogP contribution in [0.5, 0.6) is 0 Å². The number of amides is 3. The average Bonchev–Trinajstić information content (AvgIpc) is 3.01. The van der Waals surface area contributed by atoms with Gasteiger partial charge in [0.15, 0.2) is 0 Å². The predicted octanol–water partition coefficient (Wildman–Crippen LogP) is -0.261. The van der Waals surface area contributed by atoms with Gasteiger partial charge in [0.25, 0.3) is 0 Å². The van der Waals surface area contributed by atoms with Gasteiger partial charge in [-0.15, -0.1) is 0 Å². The summed E-state index contributed by atoms with van der Waals surface area (Å²) in [5.74, 6) is -0.565. The molecule has 7 nitrogen and oxygen atoms in total. The molecule has 2 unspecified atom stereocenters. The zero-order valence-corrected chi connectivity index (χ0v) is 9.68. The lowest BCUT2D eigenvalue weighted by Gasteiger charge is -2.34. The molecule has 3 rings (SSSR count). The molecule has 0 radical (unpaired) electrons. The van der Waals surface area contributed by atoms with Crippen LogP contribution in [0.3, 0.4) is 0 Å². The lowest BCUT2D eigenvalue weighted by Crippen LogP contribution is -2.60. The Balaban J connectivity index is 1.84. The van der Waals surface area contributed by atoms with Crippen molar-refractivity contribution in [3.63, 3.8) is 0 Å². The van der Waals surface area contributed by atoms with Gasteiger partial charge in [0.2, 0.25) is 5.91 Å². The summed E-state index contributed by atoms with van der Waals surface area (Å²) in [5, 5.41) is 2.73. The summed E-state index contributed by atoms with van der Waals surface area (Å²) in [4.78, 5) is 25.4. The molecule has 18 heavy (non-hydrogen) atoms. The Bertz CT molecular complexity index is 453. The molecule has 0 spiro atoms. The first kappa shape index (κ1) is 11.2. The summed E-state index contributed by atoms with van der Waals surface area (Å²) in [7, 11) is 0. The average molecular weight is 250 g/mol. The van der Waals surface area contributed by atoms with Crippen molar-refractivity contribution in [3.8, 4) is 0 Å². The van der Waals surface area contributed by atoms with Gasteiger partial charge in [-0.1, -0.05) is 0 Å². The Morgan fingerprint density at radius 3 is 2.94 bits per heavy atom. The van der Waals surface area contributed by atoms with E-state index in [9.17, 15) is 9.59 Å². The standard InChI is InChI=1S/C11H14N4O3/c16-10-8(7-2-4-18-6-7)5-12-11(17)15(10)9-1-3-13-14-9/h2,4,6,8-9,13-14H,1,3,5H2,(H,12,17). The number of hydrogen-bond acceptors (Lipinski definition) is 5. The van der Waals surface area contributed by atoms with Crippen LogP contribution in [-0.4, -0.2) is 36.1 Å². The molecule has 0 saturated carbocycles. The smallest absolute Gasteiger partial charge is 0.325 e. The first-order chi connectivity index (χ1) is 8.77. The van der Waals surface area contributed by atoms with Crippen LogP contribution in [0.15, 0.2) is 23.0 Å². The largest absolute Gasteiger partial charge is 0.472 e. The number of imide groups is 1. The number of nitrogens with zero attached hydrogens (tertiary/aromatic N) is 1. The fraction of sp³-hybridized carbons (Fsp3) is 0.455. The van der Waals surface area contributed by atoms with E-state index in [-0.39, 0.29) is 24.0 Å². The zero-order chi connectivity index (χ0) is 12.5. The molecule has 0 aliphatic carbocycles. The Morgan fingerprint density at radius 2 is 2.28 bits per heavy atom. The minimum atomic E-state index is -0.371. The molecule has 1 aromatic rings. The number of carbonyl (C=O) groups is 2. The summed E-state index contributed by atoms with van der Waals surface area (Å²) in [6, 6.07) is 1.40. The highest BCUT2D eigenvalue weighted by Crippen LogP contribution is 2.23. The van der Waals surface area contributed by atoms with E-state index in [4.69, 9.17) is 4.42 Å². The lowest BCUT2D eigenvalue weighted by atomic mass is 9.98. The van der Waals surface area contributed by atoms with Gasteiger partial charge in [-0.3, -0.25) is 10.2 Å². The van der Waals surface area contributed by atoms with Crippen molar-refractivity contribution < 1.29 is 14.0 Å². The highest BCUT2D eigenvalue weighted by Gasteiger charge is 2.40. The Hall–Kier alpha value is -1.86. The van der Waals surface area contributed by atoms with Gasteiger partial charge in [-0.2, -0.15) is 0 Å². The second-order valence-electron chi connectivity index (χ2n) is 4.38. The van der Waals surface area contributed by atoms with Crippen LogP contribution in [-0.2, 0) is 4.79 Å². The van der Waals surface area contributed by atoms with Crippen molar-refractivity contribution in [2.24, 2.45) is 0 Å². The topological polar surface area (TPSA) is 86.6 Å². The maximum Gasteiger partial charge on any atom is 0.325 e. The fourth-order valence-corrected chi connectivity index (χ4v) is 2.32. The van der Waals surface area contributed by atoms with Gasteiger partial charge in [0, 0.05) is 18.7 Å². The van der Waals surface area contributed by atoms with Crippen molar-refractivity contribution in [3.05, 3.63) is 24.2 Å². The maximum atomic E-state index is 12.4. The third-order valence-electron chi connectivity index (χ3n) is 3.28. The number of nitrogens with one attached hydrogen (secondary N) is 3. The molecule has 2 aliphatic rings. The van der Waals surface area contributed by atoms with E-state index in [2.05, 4.69) is 16.2 Å². The van der Waals surface area contributed by atoms with E-state index >= 15 is 0 Å². The molecular weight excluding hydrogens is 236 g/mol. The number of urea groups is 1. The summed E-state index contributed by atoms with van der Waals surface area (Å²) >= 11 is 0. The minimum absolute atomic E-state index is 0.193. The highest BCUT2D eigenvalue weighted by molar-refractivity contribution is 6.00. The van der Waals surface area contributed by atoms with Crippen LogP contribution in [0.2, 0.25) is 0 Å². The molecule has 2 aliphatic heterocycles. The first-order valence-corrected chi connectivity index (χ1v) is 5.89. The number of carbonyl (C=O) groups excluding carboxylic acids is 2. The molecule has 0 aromatic carbocycles. The van der Waals surface area contributed by atoms with Crippen LogP contribution in [0.1, 0.15) is 17.9 Å². The van der Waals surface area contributed by atoms with Crippen molar-refractivity contribution in [1.29, 1.82) is 0 Å². The summed E-state index contributed by atoms with van der Waals surface area (Å²) in [5.41, 5.74) is 6.63. The Kier molecular flexibility index (Phi) is 2.77. The van der Waals surface area contributed by atoms with Crippen molar-refractivity contribution >= 4 is 11.9 Å². The highest BCUT2D eigenvalue weighted by atomic mass is 16.3. The molecule has 3 heterocycles. The van der Waals surface area contributed by atoms with Crippen LogP contribution < -0.4 is 16.2 Å². The van der Waals surface area contributed by atoms with Crippen LogP contribution in [0.4, 0.5) is 4.79 Å². The lowest BCUT2D eigenvalue weighted by molar-refractivity contribution is -0.133. The number of hydrazine groups is 1. The number of rotatable bonds is 2. The molecular formula is C11H14N4O3. The minimum Gasteiger partial charge on any atom is -0.472 e. The molecule has 1 aromatic heterocycles. The van der Waals surface area contributed by atoms with Gasteiger partial charge in [0.1, 0.15) is 6.17 Å². The van der Waals surface area contributed by atoms with Crippen molar-refractivity contribution in [2.45, 2.75) is 18.5 Å². The summed E-state index contributed by atoms with van der Waals surface area (Å²) in [6.07, 6.45) is 3.49. The monoisotopic (exact) mass is 250 g/mol. The maximum absolute atomic E-state index is 12.4. The first-order valence-electron chi connectivity index (χ1n) is 5.89. The molecule has 0 bridgehead atoms. The van der Waals surface area contributed by atoms with E-state index in [0.29, 0.717) is 13.0 Å². The van der Waals surface area contributed by atoms with Gasteiger partial charge in [-0.25, -0.2) is 15.1 Å². The molecule has 3 amide bonds. The number of hydrogen-bond donors (Lipinski definition) is 3. The van der Waals surface area contributed by atoms with E-state index < -0.39 is 0 Å². The van der Waals surface area contributed by atoms with E-state index in [1.54, 1.807) is 12.3 Å². The van der Waals surface area contributed by atoms with Crippen LogP contribution >= 0.6 is 0 Å². The Labute approximate surface area is 103 Å². The van der Waals surface area contributed by atoms with Crippen molar-refractivity contribution in [1.82, 2.24) is 21.1 Å². The van der Waals surface area contributed by atoms with E-state index in [0.717, 1.165) is 12.1 Å². The third-order valence-corrected chi connectivity index (χ3v) is 3.28. The zero-order valence-electron chi connectivity index (χ0n) is 9.68. The summed E-state index contributed by atoms with van der Waals surface area (Å²) in [6.45, 7) is 1.05. The van der Waals surface area contributed by atoms with Gasteiger partial charge >= 0.3 is 6.03 Å². The van der Waals surface area contributed by atoms with Crippen LogP contribution in [0, 0.1) is 0 Å². The number of furan rings is 1. The van der Waals surface area contributed by atoms with Gasteiger partial charge < -0.3 is 9.73 Å². The molecule has 96 valence electrons. The molecule has 3 N–H and O–H groups in total. The SMILES string of the molecule is O=C1NCC(c2ccoc2)C(=O)N1C1CCNN1. The van der Waals surface area contributed by atoms with E-state index in [1.165, 1.54) is 11.2 Å². The normalized spacial score (nSPS) is 28.6. The third kappa shape index (κ3) is 1.77. The quantitative estimate of drug-likeness (QED) is 0.673. The van der Waals surface area contributed by atoms with Crippen molar-refractivity contribution in [2.75, 3.05) is 13.1 Å². The fourth-order valence-electron chi connectivity index (χ4n) is 2.32. The van der Waals surface area contributed by atoms with Crippen LogP contribution in [0.25, 0.3) is 0 Å². The molecule has 7 heteroatoms. The molecule has 2 fully saturated rings. The molecule has 2 atom stereocenters.